The van der Waals surface area contributed by atoms with Gasteiger partial charge >= 0.3 is 0 Å². The van der Waals surface area contributed by atoms with E-state index in [4.69, 9.17) is 4.74 Å². The van der Waals surface area contributed by atoms with Gasteiger partial charge in [0.2, 0.25) is 6.41 Å². The second kappa shape index (κ2) is 5.54. The molecule has 1 aliphatic heterocycles. The lowest BCUT2D eigenvalue weighted by atomic mass is 9.98. The predicted octanol–water partition coefficient (Wildman–Crippen LogP) is 1.28. The van der Waals surface area contributed by atoms with Gasteiger partial charge in [0.25, 0.3) is 0 Å². The van der Waals surface area contributed by atoms with Gasteiger partial charge in [0, 0.05) is 24.8 Å². The highest BCUT2D eigenvalue weighted by atomic mass is 16.5. The molecule has 2 rings (SSSR count). The van der Waals surface area contributed by atoms with Gasteiger partial charge in [0.05, 0.1) is 12.2 Å². The van der Waals surface area contributed by atoms with Crippen LogP contribution in [0.4, 0.5) is 0 Å². The van der Waals surface area contributed by atoms with E-state index >= 15 is 0 Å². The molecule has 0 aromatic carbocycles. The molecular formula is C13H22N2O2. The van der Waals surface area contributed by atoms with Gasteiger partial charge in [-0.05, 0) is 39.2 Å². The SMILES string of the molecule is CC1CN(C2=CC(NC=O)CCC2)CC(C)O1. The number of carbonyl (C=O) groups is 1. The van der Waals surface area contributed by atoms with Crippen LogP contribution in [0.15, 0.2) is 11.8 Å². The van der Waals surface area contributed by atoms with Crippen LogP contribution < -0.4 is 5.32 Å². The Morgan fingerprint density at radius 3 is 2.76 bits per heavy atom. The van der Waals surface area contributed by atoms with Gasteiger partial charge < -0.3 is 15.0 Å². The standard InChI is InChI=1S/C13H22N2O2/c1-10-7-15(8-11(2)17-10)13-5-3-4-12(6-13)14-9-16/h6,9-12H,3-5,7-8H2,1-2H3,(H,14,16). The van der Waals surface area contributed by atoms with Gasteiger partial charge in [-0.2, -0.15) is 0 Å². The Morgan fingerprint density at radius 2 is 2.12 bits per heavy atom. The van der Waals surface area contributed by atoms with Crippen molar-refractivity contribution in [1.29, 1.82) is 0 Å². The van der Waals surface area contributed by atoms with Gasteiger partial charge in [0.1, 0.15) is 0 Å². The van der Waals surface area contributed by atoms with Crippen molar-refractivity contribution in [2.24, 2.45) is 0 Å². The highest BCUT2D eigenvalue weighted by Gasteiger charge is 2.25. The summed E-state index contributed by atoms with van der Waals surface area (Å²) in [6.45, 7) is 6.16. The maximum atomic E-state index is 10.5. The summed E-state index contributed by atoms with van der Waals surface area (Å²) in [7, 11) is 0. The molecule has 1 heterocycles. The Balaban J connectivity index is 2.02. The molecule has 0 spiro atoms. The first-order valence-corrected chi connectivity index (χ1v) is 6.50. The normalized spacial score (nSPS) is 34.1. The molecule has 0 saturated carbocycles. The summed E-state index contributed by atoms with van der Waals surface area (Å²) in [5.41, 5.74) is 1.37. The summed E-state index contributed by atoms with van der Waals surface area (Å²) in [5, 5.41) is 2.86. The fourth-order valence-electron chi connectivity index (χ4n) is 2.80. The summed E-state index contributed by atoms with van der Waals surface area (Å²) < 4.78 is 5.74. The molecule has 4 heteroatoms. The topological polar surface area (TPSA) is 41.6 Å². The Kier molecular flexibility index (Phi) is 4.05. The highest BCUT2D eigenvalue weighted by Crippen LogP contribution is 2.24. The van der Waals surface area contributed by atoms with Crippen molar-refractivity contribution in [1.82, 2.24) is 10.2 Å². The van der Waals surface area contributed by atoms with E-state index < -0.39 is 0 Å². The van der Waals surface area contributed by atoms with Gasteiger partial charge in [-0.15, -0.1) is 0 Å². The van der Waals surface area contributed by atoms with Crippen LogP contribution in [-0.2, 0) is 9.53 Å². The Bertz CT molecular complexity index is 294. The van der Waals surface area contributed by atoms with Gasteiger partial charge in [-0.3, -0.25) is 4.79 Å². The number of nitrogens with one attached hydrogen (secondary N) is 1. The largest absolute Gasteiger partial charge is 0.372 e. The fraction of sp³-hybridized carbons (Fsp3) is 0.769. The molecule has 17 heavy (non-hydrogen) atoms. The van der Waals surface area contributed by atoms with E-state index in [1.54, 1.807) is 0 Å². The van der Waals surface area contributed by atoms with Gasteiger partial charge in [-0.1, -0.05) is 0 Å². The van der Waals surface area contributed by atoms with Crippen molar-refractivity contribution in [2.45, 2.75) is 51.4 Å². The number of amides is 1. The van der Waals surface area contributed by atoms with Crippen LogP contribution in [-0.4, -0.2) is 42.6 Å². The number of allylic oxidation sites excluding steroid dienone is 1. The number of nitrogens with zero attached hydrogens (tertiary/aromatic N) is 1. The molecule has 0 radical (unpaired) electrons. The van der Waals surface area contributed by atoms with Crippen molar-refractivity contribution in [3.05, 3.63) is 11.8 Å². The Labute approximate surface area is 103 Å². The molecule has 3 unspecified atom stereocenters. The van der Waals surface area contributed by atoms with Crippen LogP contribution in [0.25, 0.3) is 0 Å². The smallest absolute Gasteiger partial charge is 0.207 e. The molecule has 1 saturated heterocycles. The van der Waals surface area contributed by atoms with E-state index in [1.807, 2.05) is 0 Å². The molecule has 1 N–H and O–H groups in total. The maximum absolute atomic E-state index is 10.5. The van der Waals surface area contributed by atoms with E-state index in [-0.39, 0.29) is 6.04 Å². The molecule has 0 bridgehead atoms. The average molecular weight is 238 g/mol. The Hall–Kier alpha value is -1.03. The van der Waals surface area contributed by atoms with Crippen molar-refractivity contribution in [3.8, 4) is 0 Å². The predicted molar refractivity (Wildman–Crippen MR) is 66.5 cm³/mol. The van der Waals surface area contributed by atoms with Crippen LogP contribution >= 0.6 is 0 Å². The molecule has 0 aromatic rings. The third-order valence-corrected chi connectivity index (χ3v) is 3.45. The molecule has 2 aliphatic rings. The highest BCUT2D eigenvalue weighted by molar-refractivity contribution is 5.47. The van der Waals surface area contributed by atoms with Crippen molar-refractivity contribution in [2.75, 3.05) is 13.1 Å². The first-order valence-electron chi connectivity index (χ1n) is 6.50. The van der Waals surface area contributed by atoms with E-state index in [0.717, 1.165) is 38.8 Å². The third-order valence-electron chi connectivity index (χ3n) is 3.45. The fourth-order valence-corrected chi connectivity index (χ4v) is 2.80. The van der Waals surface area contributed by atoms with Gasteiger partial charge in [0.15, 0.2) is 0 Å². The zero-order valence-electron chi connectivity index (χ0n) is 10.7. The first kappa shape index (κ1) is 12.4. The summed E-state index contributed by atoms with van der Waals surface area (Å²) in [6.07, 6.45) is 6.92. The maximum Gasteiger partial charge on any atom is 0.207 e. The average Bonchev–Trinajstić information content (AvgIpc) is 2.28. The molecule has 1 aliphatic carbocycles. The minimum absolute atomic E-state index is 0.213. The number of hydrogen-bond donors (Lipinski definition) is 1. The minimum atomic E-state index is 0.213. The lowest BCUT2D eigenvalue weighted by Crippen LogP contribution is -2.45. The summed E-state index contributed by atoms with van der Waals surface area (Å²) >= 11 is 0. The van der Waals surface area contributed by atoms with Crippen LogP contribution in [0.1, 0.15) is 33.1 Å². The second-order valence-corrected chi connectivity index (χ2v) is 5.10. The first-order chi connectivity index (χ1) is 8.19. The van der Waals surface area contributed by atoms with Crippen molar-refractivity contribution < 1.29 is 9.53 Å². The molecule has 96 valence electrons. The molecular weight excluding hydrogens is 216 g/mol. The van der Waals surface area contributed by atoms with Gasteiger partial charge in [-0.25, -0.2) is 0 Å². The van der Waals surface area contributed by atoms with Crippen molar-refractivity contribution >= 4 is 6.41 Å². The zero-order chi connectivity index (χ0) is 12.3. The van der Waals surface area contributed by atoms with E-state index in [2.05, 4.69) is 30.1 Å². The van der Waals surface area contributed by atoms with Crippen LogP contribution in [0.2, 0.25) is 0 Å². The lowest BCUT2D eigenvalue weighted by molar-refractivity contribution is -0.110. The second-order valence-electron chi connectivity index (χ2n) is 5.10. The summed E-state index contributed by atoms with van der Waals surface area (Å²) in [6, 6.07) is 0.213. The van der Waals surface area contributed by atoms with E-state index in [1.165, 1.54) is 5.70 Å². The Morgan fingerprint density at radius 1 is 1.41 bits per heavy atom. The molecule has 4 nitrogen and oxygen atoms in total. The lowest BCUT2D eigenvalue weighted by Gasteiger charge is -2.39. The molecule has 0 aromatic heterocycles. The number of morpholine rings is 1. The number of hydrogen-bond acceptors (Lipinski definition) is 3. The number of ether oxygens (including phenoxy) is 1. The monoisotopic (exact) mass is 238 g/mol. The quantitative estimate of drug-likeness (QED) is 0.753. The molecule has 3 atom stereocenters. The van der Waals surface area contributed by atoms with Crippen LogP contribution in [0, 0.1) is 0 Å². The van der Waals surface area contributed by atoms with E-state index in [9.17, 15) is 4.79 Å². The minimum Gasteiger partial charge on any atom is -0.372 e. The number of carbonyl (C=O) groups excluding carboxylic acids is 1. The van der Waals surface area contributed by atoms with Crippen LogP contribution in [0.5, 0.6) is 0 Å². The molecule has 1 fully saturated rings. The summed E-state index contributed by atoms with van der Waals surface area (Å²) in [4.78, 5) is 12.9. The van der Waals surface area contributed by atoms with Crippen LogP contribution in [0.3, 0.4) is 0 Å². The zero-order valence-corrected chi connectivity index (χ0v) is 10.7. The molecule has 1 amide bonds. The summed E-state index contributed by atoms with van der Waals surface area (Å²) in [5.74, 6) is 0. The van der Waals surface area contributed by atoms with Crippen molar-refractivity contribution in [3.63, 3.8) is 0 Å². The number of rotatable bonds is 3. The van der Waals surface area contributed by atoms with E-state index in [0.29, 0.717) is 12.2 Å². The third kappa shape index (κ3) is 3.22.